The fourth-order valence-electron chi connectivity index (χ4n) is 3.47. The Morgan fingerprint density at radius 2 is 2.20 bits per heavy atom. The molecule has 2 aromatic heterocycles. The molecule has 8 heteroatoms. The number of hydrogen-bond donors (Lipinski definition) is 1. The monoisotopic (exact) mass is 345 g/mol. The Balaban J connectivity index is 1.55. The Bertz CT molecular complexity index is 760. The highest BCUT2D eigenvalue weighted by molar-refractivity contribution is 5.80. The van der Waals surface area contributed by atoms with E-state index in [1.54, 1.807) is 7.11 Å². The third kappa shape index (κ3) is 3.06. The Morgan fingerprint density at radius 1 is 1.40 bits per heavy atom. The second kappa shape index (κ2) is 6.25. The molecular formula is C17H23N5O3. The van der Waals surface area contributed by atoms with Gasteiger partial charge in [-0.25, -0.2) is 4.98 Å². The van der Waals surface area contributed by atoms with E-state index in [1.165, 1.54) is 0 Å². The van der Waals surface area contributed by atoms with E-state index in [4.69, 9.17) is 9.26 Å². The summed E-state index contributed by atoms with van der Waals surface area (Å²) in [6.45, 7) is 4.25. The maximum atomic E-state index is 13.0. The Hall–Kier alpha value is -2.22. The summed E-state index contributed by atoms with van der Waals surface area (Å²) in [5.74, 6) is 2.84. The molecule has 2 atom stereocenters. The molecule has 25 heavy (non-hydrogen) atoms. The zero-order valence-electron chi connectivity index (χ0n) is 14.8. The Morgan fingerprint density at radius 3 is 2.84 bits per heavy atom. The lowest BCUT2D eigenvalue weighted by Gasteiger charge is -2.22. The quantitative estimate of drug-likeness (QED) is 0.888. The highest BCUT2D eigenvalue weighted by Crippen LogP contribution is 2.39. The molecule has 2 fully saturated rings. The normalized spacial score (nSPS) is 23.4. The summed E-state index contributed by atoms with van der Waals surface area (Å²) >= 11 is 0. The fourth-order valence-corrected chi connectivity index (χ4v) is 3.47. The highest BCUT2D eigenvalue weighted by Gasteiger charge is 2.39. The zero-order valence-corrected chi connectivity index (χ0v) is 14.8. The molecule has 134 valence electrons. The molecule has 1 aliphatic heterocycles. The van der Waals surface area contributed by atoms with Crippen LogP contribution in [0.15, 0.2) is 4.52 Å². The zero-order chi connectivity index (χ0) is 17.6. The number of nitrogens with zero attached hydrogens (tertiary/aromatic N) is 4. The lowest BCUT2D eigenvalue weighted by Crippen LogP contribution is -2.33. The minimum absolute atomic E-state index is 0.00749. The molecule has 2 aromatic rings. The summed E-state index contributed by atoms with van der Waals surface area (Å²) in [7, 11) is 1.68. The summed E-state index contributed by atoms with van der Waals surface area (Å²) in [6, 6.07) is -0.127. The van der Waals surface area contributed by atoms with Crippen LogP contribution in [0.5, 0.6) is 0 Å². The minimum atomic E-state index is -0.127. The van der Waals surface area contributed by atoms with Gasteiger partial charge in [0.25, 0.3) is 0 Å². The van der Waals surface area contributed by atoms with Crippen molar-refractivity contribution in [2.75, 3.05) is 13.7 Å². The molecule has 0 bridgehead atoms. The van der Waals surface area contributed by atoms with Crippen LogP contribution in [0.25, 0.3) is 0 Å². The van der Waals surface area contributed by atoms with Crippen molar-refractivity contribution in [2.24, 2.45) is 0 Å². The maximum absolute atomic E-state index is 13.0. The van der Waals surface area contributed by atoms with Gasteiger partial charge in [-0.1, -0.05) is 5.16 Å². The number of aromatic nitrogens is 4. The molecule has 4 rings (SSSR count). The summed E-state index contributed by atoms with van der Waals surface area (Å²) in [5.41, 5.74) is 1.63. The van der Waals surface area contributed by atoms with Crippen LogP contribution < -0.4 is 0 Å². The van der Waals surface area contributed by atoms with E-state index in [9.17, 15) is 4.79 Å². The van der Waals surface area contributed by atoms with Crippen molar-refractivity contribution >= 4 is 5.91 Å². The van der Waals surface area contributed by atoms with Gasteiger partial charge in [0.2, 0.25) is 5.91 Å². The average Bonchev–Trinajstić information content (AvgIpc) is 3.05. The van der Waals surface area contributed by atoms with E-state index in [0.29, 0.717) is 18.2 Å². The summed E-state index contributed by atoms with van der Waals surface area (Å²) in [4.78, 5) is 19.4. The summed E-state index contributed by atoms with van der Waals surface area (Å²) < 4.78 is 10.7. The predicted octanol–water partition coefficient (Wildman–Crippen LogP) is 1.82. The summed E-state index contributed by atoms with van der Waals surface area (Å²) in [6.07, 6.45) is 3.31. The van der Waals surface area contributed by atoms with Crippen LogP contribution in [0.1, 0.15) is 59.9 Å². The van der Waals surface area contributed by atoms with Crippen molar-refractivity contribution in [3.8, 4) is 0 Å². The van der Waals surface area contributed by atoms with Gasteiger partial charge in [0.15, 0.2) is 5.82 Å². The van der Waals surface area contributed by atoms with Gasteiger partial charge in [-0.3, -0.25) is 9.89 Å². The van der Waals surface area contributed by atoms with Gasteiger partial charge in [0.1, 0.15) is 11.6 Å². The van der Waals surface area contributed by atoms with Gasteiger partial charge < -0.3 is 14.2 Å². The van der Waals surface area contributed by atoms with Crippen LogP contribution in [-0.4, -0.2) is 50.9 Å². The Labute approximate surface area is 145 Å². The van der Waals surface area contributed by atoms with E-state index in [-0.39, 0.29) is 24.5 Å². The molecule has 1 saturated heterocycles. The number of rotatable bonds is 5. The van der Waals surface area contributed by atoms with Gasteiger partial charge >= 0.3 is 0 Å². The van der Waals surface area contributed by atoms with Crippen molar-refractivity contribution in [1.82, 2.24) is 25.2 Å². The van der Waals surface area contributed by atoms with Crippen LogP contribution in [0.4, 0.5) is 0 Å². The molecule has 3 heterocycles. The van der Waals surface area contributed by atoms with Crippen LogP contribution in [0, 0.1) is 13.8 Å². The molecule has 1 N–H and O–H groups in total. The van der Waals surface area contributed by atoms with Crippen molar-refractivity contribution in [2.45, 2.75) is 57.6 Å². The topological polar surface area (TPSA) is 97.1 Å². The third-order valence-electron chi connectivity index (χ3n) is 5.20. The second-order valence-corrected chi connectivity index (χ2v) is 6.99. The maximum Gasteiger partial charge on any atom is 0.227 e. The first kappa shape index (κ1) is 16.3. The van der Waals surface area contributed by atoms with Crippen LogP contribution in [0.2, 0.25) is 0 Å². The van der Waals surface area contributed by atoms with E-state index < -0.39 is 0 Å². The molecule has 2 aliphatic rings. The molecule has 0 unspecified atom stereocenters. The largest absolute Gasteiger partial charge is 0.380 e. The van der Waals surface area contributed by atoms with Gasteiger partial charge in [0.05, 0.1) is 24.3 Å². The van der Waals surface area contributed by atoms with E-state index in [1.807, 2.05) is 18.7 Å². The lowest BCUT2D eigenvalue weighted by atomic mass is 10.1. The molecule has 1 aliphatic carbocycles. The molecule has 0 aromatic carbocycles. The summed E-state index contributed by atoms with van der Waals surface area (Å²) in [5, 5.41) is 11.3. The van der Waals surface area contributed by atoms with E-state index >= 15 is 0 Å². The number of likely N-dealkylation sites (tertiary alicyclic amines) is 1. The van der Waals surface area contributed by atoms with Gasteiger partial charge in [-0.2, -0.15) is 5.10 Å². The van der Waals surface area contributed by atoms with Gasteiger partial charge in [-0.05, 0) is 26.7 Å². The van der Waals surface area contributed by atoms with E-state index in [0.717, 1.165) is 42.2 Å². The van der Waals surface area contributed by atoms with Gasteiger partial charge in [0, 0.05) is 31.6 Å². The van der Waals surface area contributed by atoms with Crippen LogP contribution in [-0.2, 0) is 16.0 Å². The first-order chi connectivity index (χ1) is 12.1. The molecule has 0 radical (unpaired) electrons. The second-order valence-electron chi connectivity index (χ2n) is 6.99. The first-order valence-corrected chi connectivity index (χ1v) is 8.73. The highest BCUT2D eigenvalue weighted by atomic mass is 16.5. The Kier molecular flexibility index (Phi) is 4.07. The molecule has 0 spiro atoms. The molecule has 1 saturated carbocycles. The number of aryl methyl sites for hydroxylation is 2. The third-order valence-corrected chi connectivity index (χ3v) is 5.20. The molecular weight excluding hydrogens is 322 g/mol. The number of nitrogens with one attached hydrogen (secondary N) is 1. The number of carbonyl (C=O) groups is 1. The van der Waals surface area contributed by atoms with Crippen molar-refractivity contribution in [3.05, 3.63) is 28.7 Å². The van der Waals surface area contributed by atoms with E-state index in [2.05, 4.69) is 20.3 Å². The fraction of sp³-hybridized carbons (Fsp3) is 0.647. The number of amides is 1. The van der Waals surface area contributed by atoms with Crippen molar-refractivity contribution < 1.29 is 14.1 Å². The smallest absolute Gasteiger partial charge is 0.227 e. The number of aromatic amines is 1. The average molecular weight is 345 g/mol. The van der Waals surface area contributed by atoms with Crippen LogP contribution >= 0.6 is 0 Å². The number of hydrogen-bond acceptors (Lipinski definition) is 6. The van der Waals surface area contributed by atoms with Crippen molar-refractivity contribution in [1.29, 1.82) is 0 Å². The van der Waals surface area contributed by atoms with Gasteiger partial charge in [-0.15, -0.1) is 0 Å². The predicted molar refractivity (Wildman–Crippen MR) is 87.9 cm³/mol. The SMILES string of the molecule is CO[C@@H]1C[C@@H](c2nc(C3CC3)n[nH]2)N(C(=O)Cc2c(C)noc2C)C1. The van der Waals surface area contributed by atoms with Crippen molar-refractivity contribution in [3.63, 3.8) is 0 Å². The number of ether oxygens (including phenoxy) is 1. The molecule has 8 nitrogen and oxygen atoms in total. The number of H-pyrrole nitrogens is 1. The lowest BCUT2D eigenvalue weighted by molar-refractivity contribution is -0.131. The standard InChI is InChI=1S/C17H23N5O3/c1-9-13(10(2)25-21-9)7-15(23)22-8-12(24-3)6-14(22)17-18-16(19-20-17)11-4-5-11/h11-12,14H,4-8H2,1-3H3,(H,18,19,20)/t12-,14+/m1/s1. The number of methoxy groups -OCH3 is 1. The number of carbonyl (C=O) groups excluding carboxylic acids is 1. The van der Waals surface area contributed by atoms with Crippen LogP contribution in [0.3, 0.4) is 0 Å². The molecule has 1 amide bonds. The minimum Gasteiger partial charge on any atom is -0.380 e. The first-order valence-electron chi connectivity index (χ1n) is 8.73.